The predicted molar refractivity (Wildman–Crippen MR) is 226 cm³/mol. The minimum absolute atomic E-state index is 0.409. The molecule has 54 heavy (non-hydrogen) atoms. The largest absolute Gasteiger partial charge is 0.324 e. The number of nitrogens with one attached hydrogen (secondary N) is 1. The number of nitrogens with zero attached hydrogens (tertiary/aromatic N) is 4. The maximum absolute atomic E-state index is 5.28. The third kappa shape index (κ3) is 5.51. The first kappa shape index (κ1) is 32.1. The molecule has 1 aliphatic rings. The van der Waals surface area contributed by atoms with Gasteiger partial charge in [0.05, 0.1) is 16.7 Å². The molecule has 0 saturated heterocycles. The van der Waals surface area contributed by atoms with Crippen LogP contribution in [-0.4, -0.2) is 21.2 Å². The molecule has 1 unspecified atom stereocenters. The van der Waals surface area contributed by atoms with Crippen LogP contribution in [0.2, 0.25) is 0 Å². The van der Waals surface area contributed by atoms with E-state index in [-0.39, 0.29) is 0 Å². The molecule has 1 atom stereocenters. The second kappa shape index (κ2) is 13.4. The lowest BCUT2D eigenvalue weighted by atomic mass is 9.93. The van der Waals surface area contributed by atoms with E-state index in [1.807, 2.05) is 17.4 Å². The fourth-order valence-electron chi connectivity index (χ4n) is 7.70. The Hall–Kier alpha value is -6.63. The average Bonchev–Trinajstić information content (AvgIpc) is 3.82. The first-order valence-electron chi connectivity index (χ1n) is 18.4. The number of amidine groups is 2. The van der Waals surface area contributed by atoms with Gasteiger partial charge >= 0.3 is 0 Å². The topological polar surface area (TPSA) is 54.6 Å². The lowest BCUT2D eigenvalue weighted by Gasteiger charge is -2.23. The van der Waals surface area contributed by atoms with Crippen LogP contribution in [0.15, 0.2) is 180 Å². The quantitative estimate of drug-likeness (QED) is 0.179. The van der Waals surface area contributed by atoms with Crippen molar-refractivity contribution in [3.63, 3.8) is 0 Å². The van der Waals surface area contributed by atoms with Gasteiger partial charge in [-0.2, -0.15) is 0 Å². The van der Waals surface area contributed by atoms with Crippen molar-refractivity contribution >= 4 is 54.2 Å². The second-order valence-corrected chi connectivity index (χ2v) is 14.5. The van der Waals surface area contributed by atoms with Gasteiger partial charge < -0.3 is 5.32 Å². The molecular formula is C48H35N5S. The molecule has 1 N–H and O–H groups in total. The summed E-state index contributed by atoms with van der Waals surface area (Å²) in [5, 5.41) is 6.14. The van der Waals surface area contributed by atoms with Gasteiger partial charge in [0.1, 0.15) is 17.5 Å². The number of para-hydroxylation sites is 3. The summed E-state index contributed by atoms with van der Waals surface area (Å²) in [6.07, 6.45) is 0.425. The molecule has 0 bridgehead atoms. The molecule has 3 heterocycles. The number of aryl methyl sites for hydroxylation is 1. The molecule has 0 amide bonds. The zero-order chi connectivity index (χ0) is 36.0. The predicted octanol–water partition coefficient (Wildman–Crippen LogP) is 11.8. The van der Waals surface area contributed by atoms with Gasteiger partial charge in [0.2, 0.25) is 0 Å². The van der Waals surface area contributed by atoms with Crippen molar-refractivity contribution in [1.29, 1.82) is 0 Å². The summed E-state index contributed by atoms with van der Waals surface area (Å²) in [5.41, 5.74) is 11.0. The Morgan fingerprint density at radius 2 is 1.22 bits per heavy atom. The van der Waals surface area contributed by atoms with Crippen molar-refractivity contribution in [2.24, 2.45) is 9.98 Å². The minimum atomic E-state index is -0.409. The van der Waals surface area contributed by atoms with E-state index < -0.39 is 6.17 Å². The number of hydrogen-bond acceptors (Lipinski definition) is 5. The van der Waals surface area contributed by atoms with Crippen LogP contribution in [0.4, 0.5) is 0 Å². The van der Waals surface area contributed by atoms with Crippen molar-refractivity contribution in [3.8, 4) is 27.9 Å². The molecule has 1 aliphatic heterocycles. The highest BCUT2D eigenvalue weighted by Gasteiger charge is 2.23. The van der Waals surface area contributed by atoms with E-state index in [1.54, 1.807) is 0 Å². The van der Waals surface area contributed by atoms with Crippen molar-refractivity contribution in [2.45, 2.75) is 19.5 Å². The molecule has 10 rings (SSSR count). The first-order chi connectivity index (χ1) is 26.7. The van der Waals surface area contributed by atoms with Crippen LogP contribution in [-0.2, 0) is 6.42 Å². The van der Waals surface area contributed by atoms with E-state index in [0.29, 0.717) is 0 Å². The molecule has 0 radical (unpaired) electrons. The molecular weight excluding hydrogens is 679 g/mol. The fraction of sp³-hybridized carbons (Fsp3) is 0.0625. The van der Waals surface area contributed by atoms with Crippen LogP contribution in [0.1, 0.15) is 35.6 Å². The third-order valence-corrected chi connectivity index (χ3v) is 11.5. The number of aliphatic imine (C=N–C) groups is 2. The maximum atomic E-state index is 5.28. The summed E-state index contributed by atoms with van der Waals surface area (Å²) in [6, 6.07) is 60.0. The molecule has 2 aromatic heterocycles. The average molecular weight is 714 g/mol. The Balaban J connectivity index is 1.06. The summed E-state index contributed by atoms with van der Waals surface area (Å²) in [6.45, 7) is 2.17. The van der Waals surface area contributed by atoms with E-state index in [1.165, 1.54) is 31.3 Å². The van der Waals surface area contributed by atoms with E-state index in [0.717, 1.165) is 68.5 Å². The van der Waals surface area contributed by atoms with Crippen molar-refractivity contribution in [3.05, 3.63) is 192 Å². The summed E-state index contributed by atoms with van der Waals surface area (Å²) >= 11 is 1.81. The maximum Gasteiger partial charge on any atom is 0.169 e. The van der Waals surface area contributed by atoms with Gasteiger partial charge in [0, 0.05) is 43.3 Å². The van der Waals surface area contributed by atoms with Crippen molar-refractivity contribution in [2.75, 3.05) is 0 Å². The number of benzene rings is 7. The van der Waals surface area contributed by atoms with E-state index in [9.17, 15) is 0 Å². The molecule has 0 saturated carbocycles. The van der Waals surface area contributed by atoms with Crippen LogP contribution in [0, 0.1) is 0 Å². The van der Waals surface area contributed by atoms with Gasteiger partial charge in [-0.25, -0.2) is 15.0 Å². The van der Waals surface area contributed by atoms with Crippen LogP contribution in [0.3, 0.4) is 0 Å². The van der Waals surface area contributed by atoms with Crippen molar-refractivity contribution in [1.82, 2.24) is 14.9 Å². The van der Waals surface area contributed by atoms with Gasteiger partial charge in [0.15, 0.2) is 6.17 Å². The third-order valence-electron chi connectivity index (χ3n) is 10.3. The number of fused-ring (bicyclic) bond motifs is 4. The van der Waals surface area contributed by atoms with Crippen LogP contribution < -0.4 is 5.32 Å². The van der Waals surface area contributed by atoms with E-state index >= 15 is 0 Å². The Kier molecular flexibility index (Phi) is 7.96. The minimum Gasteiger partial charge on any atom is -0.324 e. The van der Waals surface area contributed by atoms with Gasteiger partial charge in [0.25, 0.3) is 0 Å². The molecule has 0 fully saturated rings. The summed E-state index contributed by atoms with van der Waals surface area (Å²) in [5.74, 6) is 2.69. The SMILES string of the molecule is CCc1nc2ccccc2n1-c1ccccc1-c1ccccc1-c1ccc(C2N=C(c3ccccc3)NC(c3cccc4c3sc3ccccc34)=N2)cc1. The van der Waals surface area contributed by atoms with Crippen LogP contribution in [0.25, 0.3) is 59.1 Å². The number of thiophene rings is 1. The Labute approximate surface area is 317 Å². The lowest BCUT2D eigenvalue weighted by molar-refractivity contribution is 0.756. The highest BCUT2D eigenvalue weighted by atomic mass is 32.1. The zero-order valence-corrected chi connectivity index (χ0v) is 30.5. The zero-order valence-electron chi connectivity index (χ0n) is 29.6. The number of rotatable bonds is 7. The van der Waals surface area contributed by atoms with E-state index in [4.69, 9.17) is 15.0 Å². The second-order valence-electron chi connectivity index (χ2n) is 13.5. The normalized spacial score (nSPS) is 14.3. The highest BCUT2D eigenvalue weighted by molar-refractivity contribution is 7.26. The first-order valence-corrected chi connectivity index (χ1v) is 19.2. The van der Waals surface area contributed by atoms with Crippen LogP contribution in [0.5, 0.6) is 0 Å². The fourth-order valence-corrected chi connectivity index (χ4v) is 8.91. The molecule has 6 heteroatoms. The van der Waals surface area contributed by atoms with E-state index in [2.05, 4.69) is 181 Å². The van der Waals surface area contributed by atoms with Crippen LogP contribution >= 0.6 is 11.3 Å². The molecule has 0 aliphatic carbocycles. The standard InChI is InChI=1S/C48H35N5S/c1-2-44-49-40-23-10-12-25-42(40)53(44)41-24-11-8-19-36(41)35-18-7-6-17-34(35)31-27-29-33(30-28-31)47-50-46(32-15-4-3-5-16-32)51-48(52-47)39-22-14-21-38-37-20-9-13-26-43(37)54-45(38)39/h3-30,47H,2H2,1H3,(H,50,51,52). The summed E-state index contributed by atoms with van der Waals surface area (Å²) in [4.78, 5) is 15.5. The van der Waals surface area contributed by atoms with Gasteiger partial charge in [-0.05, 0) is 52.6 Å². The Morgan fingerprint density at radius 1 is 0.556 bits per heavy atom. The molecule has 0 spiro atoms. The molecule has 5 nitrogen and oxygen atoms in total. The van der Waals surface area contributed by atoms with Gasteiger partial charge in [-0.3, -0.25) is 4.57 Å². The highest BCUT2D eigenvalue weighted by Crippen LogP contribution is 2.39. The smallest absolute Gasteiger partial charge is 0.169 e. The van der Waals surface area contributed by atoms with Crippen molar-refractivity contribution < 1.29 is 0 Å². The van der Waals surface area contributed by atoms with Gasteiger partial charge in [-0.15, -0.1) is 11.3 Å². The molecule has 7 aromatic carbocycles. The number of imidazole rings is 1. The Morgan fingerprint density at radius 3 is 2.07 bits per heavy atom. The molecule has 9 aromatic rings. The molecule has 258 valence electrons. The monoisotopic (exact) mass is 713 g/mol. The number of hydrogen-bond donors (Lipinski definition) is 1. The summed E-state index contributed by atoms with van der Waals surface area (Å²) in [7, 11) is 0. The number of aromatic nitrogens is 2. The Bertz CT molecular complexity index is 2900. The van der Waals surface area contributed by atoms with Gasteiger partial charge in [-0.1, -0.05) is 146 Å². The summed E-state index contributed by atoms with van der Waals surface area (Å²) < 4.78 is 4.81. The lowest BCUT2D eigenvalue weighted by Crippen LogP contribution is -2.36.